The third-order valence-electron chi connectivity index (χ3n) is 3.50. The van der Waals surface area contributed by atoms with Crippen LogP contribution in [0.3, 0.4) is 0 Å². The molecule has 0 spiro atoms. The highest BCUT2D eigenvalue weighted by Crippen LogP contribution is 2.34. The molecule has 1 atom stereocenters. The second-order valence-electron chi connectivity index (χ2n) is 5.12. The predicted molar refractivity (Wildman–Crippen MR) is 85.7 cm³/mol. The van der Waals surface area contributed by atoms with Crippen LogP contribution >= 0.6 is 23.2 Å². The molecule has 2 aromatic rings. The highest BCUT2D eigenvalue weighted by atomic mass is 35.5. The van der Waals surface area contributed by atoms with Crippen molar-refractivity contribution in [1.29, 1.82) is 0 Å². The van der Waals surface area contributed by atoms with Gasteiger partial charge in [0.25, 0.3) is 0 Å². The Morgan fingerprint density at radius 1 is 1.05 bits per heavy atom. The van der Waals surface area contributed by atoms with Crippen molar-refractivity contribution < 1.29 is 4.74 Å². The average Bonchev–Trinajstić information content (AvgIpc) is 3.28. The monoisotopic (exact) mass is 322 g/mol. The van der Waals surface area contributed by atoms with Gasteiger partial charge in [-0.15, -0.1) is 0 Å². The molecule has 1 aliphatic carbocycles. The Labute approximate surface area is 134 Å². The molecule has 0 bridgehead atoms. The number of hydrogen-bond acceptors (Lipinski definition) is 3. The van der Waals surface area contributed by atoms with Crippen molar-refractivity contribution >= 4 is 23.2 Å². The molecule has 3 rings (SSSR count). The van der Waals surface area contributed by atoms with E-state index in [9.17, 15) is 0 Å². The highest BCUT2D eigenvalue weighted by molar-refractivity contribution is 6.36. The Morgan fingerprint density at radius 2 is 1.67 bits per heavy atom. The van der Waals surface area contributed by atoms with Crippen LogP contribution in [-0.4, -0.2) is 6.10 Å². The van der Waals surface area contributed by atoms with Crippen molar-refractivity contribution in [3.8, 4) is 5.75 Å². The highest BCUT2D eigenvalue weighted by Gasteiger charge is 2.24. The van der Waals surface area contributed by atoms with E-state index in [2.05, 4.69) is 5.43 Å². The topological polar surface area (TPSA) is 47.3 Å². The van der Waals surface area contributed by atoms with E-state index in [1.165, 1.54) is 0 Å². The summed E-state index contributed by atoms with van der Waals surface area (Å²) >= 11 is 12.5. The van der Waals surface area contributed by atoms with E-state index in [4.69, 9.17) is 33.8 Å². The average molecular weight is 323 g/mol. The number of ether oxygens (including phenoxy) is 1. The van der Waals surface area contributed by atoms with E-state index in [0.717, 1.165) is 29.7 Å². The van der Waals surface area contributed by atoms with Crippen LogP contribution in [0.4, 0.5) is 0 Å². The molecule has 0 aliphatic heterocycles. The van der Waals surface area contributed by atoms with E-state index >= 15 is 0 Å². The van der Waals surface area contributed by atoms with Crippen molar-refractivity contribution in [3.63, 3.8) is 0 Å². The lowest BCUT2D eigenvalue weighted by atomic mass is 9.99. The molecular formula is C16H16Cl2N2O. The summed E-state index contributed by atoms with van der Waals surface area (Å²) in [5, 5.41) is 1.17. The Hall–Kier alpha value is -1.26. The van der Waals surface area contributed by atoms with Gasteiger partial charge in [0.1, 0.15) is 5.75 Å². The Kier molecular flexibility index (Phi) is 4.36. The fraction of sp³-hybridized carbons (Fsp3) is 0.250. The van der Waals surface area contributed by atoms with Gasteiger partial charge in [0.2, 0.25) is 0 Å². The third kappa shape index (κ3) is 3.33. The standard InChI is InChI=1S/C16H16Cl2N2O/c17-13-2-1-3-14(18)15(13)16(20-19)10-4-6-11(7-5-10)21-12-8-9-12/h1-7,12,16,20H,8-9,19H2. The molecule has 1 fully saturated rings. The molecule has 0 aromatic heterocycles. The molecule has 0 heterocycles. The number of benzene rings is 2. The molecule has 21 heavy (non-hydrogen) atoms. The normalized spacial score (nSPS) is 15.8. The third-order valence-corrected chi connectivity index (χ3v) is 4.15. The number of rotatable bonds is 5. The summed E-state index contributed by atoms with van der Waals surface area (Å²) in [4.78, 5) is 0. The van der Waals surface area contributed by atoms with Crippen molar-refractivity contribution in [3.05, 3.63) is 63.6 Å². The summed E-state index contributed by atoms with van der Waals surface area (Å²) in [6.07, 6.45) is 2.67. The maximum Gasteiger partial charge on any atom is 0.119 e. The quantitative estimate of drug-likeness (QED) is 0.644. The summed E-state index contributed by atoms with van der Waals surface area (Å²) in [7, 11) is 0. The number of nitrogens with one attached hydrogen (secondary N) is 1. The number of hydrazine groups is 1. The zero-order valence-electron chi connectivity index (χ0n) is 11.4. The summed E-state index contributed by atoms with van der Waals surface area (Å²) in [5.41, 5.74) is 4.54. The molecule has 0 saturated heterocycles. The van der Waals surface area contributed by atoms with Gasteiger partial charge < -0.3 is 4.74 Å². The zero-order valence-corrected chi connectivity index (χ0v) is 12.9. The van der Waals surface area contributed by atoms with Crippen LogP contribution in [0.15, 0.2) is 42.5 Å². The van der Waals surface area contributed by atoms with Gasteiger partial charge in [0.15, 0.2) is 0 Å². The second-order valence-corrected chi connectivity index (χ2v) is 5.94. The minimum absolute atomic E-state index is 0.263. The maximum atomic E-state index is 6.26. The molecule has 5 heteroatoms. The second kappa shape index (κ2) is 6.24. The molecule has 1 saturated carbocycles. The van der Waals surface area contributed by atoms with Crippen LogP contribution in [0.2, 0.25) is 10.0 Å². The fourth-order valence-corrected chi connectivity index (χ4v) is 2.87. The lowest BCUT2D eigenvalue weighted by Gasteiger charge is -2.20. The van der Waals surface area contributed by atoms with Crippen molar-refractivity contribution in [2.45, 2.75) is 25.0 Å². The molecule has 2 aromatic carbocycles. The summed E-state index contributed by atoms with van der Waals surface area (Å²) in [6, 6.07) is 13.0. The Bertz CT molecular complexity index is 606. The van der Waals surface area contributed by atoms with E-state index in [1.54, 1.807) is 12.1 Å². The number of halogens is 2. The first-order valence-electron chi connectivity index (χ1n) is 6.85. The van der Waals surface area contributed by atoms with E-state index in [0.29, 0.717) is 16.1 Å². The lowest BCUT2D eigenvalue weighted by molar-refractivity contribution is 0.303. The summed E-state index contributed by atoms with van der Waals surface area (Å²) < 4.78 is 5.74. The van der Waals surface area contributed by atoms with Gasteiger partial charge in [-0.05, 0) is 42.7 Å². The van der Waals surface area contributed by atoms with Crippen LogP contribution in [0, 0.1) is 0 Å². The Morgan fingerprint density at radius 3 is 2.19 bits per heavy atom. The first-order valence-corrected chi connectivity index (χ1v) is 7.61. The van der Waals surface area contributed by atoms with Crippen LogP contribution in [-0.2, 0) is 0 Å². The summed E-state index contributed by atoms with van der Waals surface area (Å²) in [6.45, 7) is 0. The van der Waals surface area contributed by atoms with E-state index < -0.39 is 0 Å². The fourth-order valence-electron chi connectivity index (χ4n) is 2.25. The molecule has 0 radical (unpaired) electrons. The molecule has 1 unspecified atom stereocenters. The molecule has 0 amide bonds. The molecule has 110 valence electrons. The predicted octanol–water partition coefficient (Wildman–Crippen LogP) is 4.09. The van der Waals surface area contributed by atoms with Crippen LogP contribution in [0.5, 0.6) is 5.75 Å². The first-order chi connectivity index (χ1) is 10.2. The van der Waals surface area contributed by atoms with E-state index in [1.807, 2.05) is 30.3 Å². The van der Waals surface area contributed by atoms with Crippen LogP contribution in [0.1, 0.15) is 30.0 Å². The van der Waals surface area contributed by atoms with Crippen LogP contribution < -0.4 is 16.0 Å². The SMILES string of the molecule is NNC(c1ccc(OC2CC2)cc1)c1c(Cl)cccc1Cl. The molecule has 1 aliphatic rings. The lowest BCUT2D eigenvalue weighted by Crippen LogP contribution is -2.29. The van der Waals surface area contributed by atoms with Crippen molar-refractivity contribution in [1.82, 2.24) is 5.43 Å². The minimum atomic E-state index is -0.263. The first kappa shape index (κ1) is 14.7. The van der Waals surface area contributed by atoms with Crippen molar-refractivity contribution in [2.24, 2.45) is 5.84 Å². The van der Waals surface area contributed by atoms with Crippen molar-refractivity contribution in [2.75, 3.05) is 0 Å². The largest absolute Gasteiger partial charge is 0.490 e. The maximum absolute atomic E-state index is 6.26. The smallest absolute Gasteiger partial charge is 0.119 e. The van der Waals surface area contributed by atoms with Gasteiger partial charge in [-0.1, -0.05) is 41.4 Å². The van der Waals surface area contributed by atoms with Crippen LogP contribution in [0.25, 0.3) is 0 Å². The summed E-state index contributed by atoms with van der Waals surface area (Å²) in [5.74, 6) is 6.58. The van der Waals surface area contributed by atoms with Gasteiger partial charge in [-0.25, -0.2) is 5.43 Å². The van der Waals surface area contributed by atoms with Gasteiger partial charge in [0.05, 0.1) is 12.1 Å². The van der Waals surface area contributed by atoms with Gasteiger partial charge in [-0.3, -0.25) is 5.84 Å². The van der Waals surface area contributed by atoms with E-state index in [-0.39, 0.29) is 6.04 Å². The van der Waals surface area contributed by atoms with Gasteiger partial charge in [-0.2, -0.15) is 0 Å². The molecule has 3 N–H and O–H groups in total. The number of hydrogen-bond donors (Lipinski definition) is 2. The van der Waals surface area contributed by atoms with Gasteiger partial charge >= 0.3 is 0 Å². The molecule has 3 nitrogen and oxygen atoms in total. The number of nitrogens with two attached hydrogens (primary N) is 1. The Balaban J connectivity index is 1.88. The molecular weight excluding hydrogens is 307 g/mol. The van der Waals surface area contributed by atoms with Gasteiger partial charge in [0, 0.05) is 15.6 Å². The zero-order chi connectivity index (χ0) is 14.8. The minimum Gasteiger partial charge on any atom is -0.490 e.